The highest BCUT2D eigenvalue weighted by Crippen LogP contribution is 2.29. The minimum atomic E-state index is -4.50. The summed E-state index contributed by atoms with van der Waals surface area (Å²) in [5.41, 5.74) is 0. The molecule has 15 heavy (non-hydrogen) atoms. The van der Waals surface area contributed by atoms with E-state index < -0.39 is 11.3 Å². The van der Waals surface area contributed by atoms with Crippen LogP contribution >= 0.6 is 11.6 Å². The molecule has 1 fully saturated rings. The molecule has 1 aliphatic rings. The summed E-state index contributed by atoms with van der Waals surface area (Å²) in [5, 5.41) is -1.22. The van der Waals surface area contributed by atoms with Crippen molar-refractivity contribution in [3.63, 3.8) is 0 Å². The lowest BCUT2D eigenvalue weighted by Crippen LogP contribution is -2.24. The maximum atomic E-state index is 12.1. The van der Waals surface area contributed by atoms with E-state index in [2.05, 4.69) is 4.99 Å². The van der Waals surface area contributed by atoms with Gasteiger partial charge in [0.05, 0.1) is 6.04 Å². The van der Waals surface area contributed by atoms with Crippen LogP contribution in [0.1, 0.15) is 39.0 Å². The molecule has 1 rings (SSSR count). The normalized spacial score (nSPS) is 22.9. The number of alkyl halides is 3. The maximum absolute atomic E-state index is 12.1. The van der Waals surface area contributed by atoms with Crippen molar-refractivity contribution in [3.05, 3.63) is 0 Å². The van der Waals surface area contributed by atoms with E-state index in [0.717, 1.165) is 25.7 Å². The second kappa shape index (κ2) is 5.19. The van der Waals surface area contributed by atoms with Gasteiger partial charge in [-0.15, -0.1) is 0 Å². The molecule has 0 aromatic heterocycles. The summed E-state index contributed by atoms with van der Waals surface area (Å²) in [7, 11) is 0. The molecule has 1 aliphatic carbocycles. The van der Waals surface area contributed by atoms with Gasteiger partial charge in [0, 0.05) is 0 Å². The second-order valence-corrected chi connectivity index (χ2v) is 4.41. The first-order chi connectivity index (χ1) is 6.91. The van der Waals surface area contributed by atoms with E-state index in [1.165, 1.54) is 6.42 Å². The van der Waals surface area contributed by atoms with Crippen LogP contribution in [0.25, 0.3) is 0 Å². The van der Waals surface area contributed by atoms with Crippen molar-refractivity contribution in [1.29, 1.82) is 0 Å². The van der Waals surface area contributed by atoms with E-state index in [4.69, 9.17) is 11.6 Å². The lowest BCUT2D eigenvalue weighted by molar-refractivity contribution is -0.0563. The molecular formula is C10H15ClF3N. The van der Waals surface area contributed by atoms with E-state index in [9.17, 15) is 13.2 Å². The van der Waals surface area contributed by atoms with Gasteiger partial charge in [-0.2, -0.15) is 13.2 Å². The lowest BCUT2D eigenvalue weighted by atomic mass is 9.85. The zero-order valence-corrected chi connectivity index (χ0v) is 9.41. The highest BCUT2D eigenvalue weighted by Gasteiger charge is 2.35. The van der Waals surface area contributed by atoms with Gasteiger partial charge in [0.1, 0.15) is 0 Å². The molecule has 0 unspecified atom stereocenters. The van der Waals surface area contributed by atoms with Crippen LogP contribution in [-0.4, -0.2) is 17.4 Å². The fourth-order valence-corrected chi connectivity index (χ4v) is 2.13. The molecule has 0 aliphatic heterocycles. The van der Waals surface area contributed by atoms with Gasteiger partial charge in [-0.3, -0.25) is 4.99 Å². The van der Waals surface area contributed by atoms with Crippen molar-refractivity contribution >= 4 is 16.8 Å². The predicted octanol–water partition coefficient (Wildman–Crippen LogP) is 4.15. The average Bonchev–Trinajstić information content (AvgIpc) is 2.17. The van der Waals surface area contributed by atoms with Crippen molar-refractivity contribution in [1.82, 2.24) is 0 Å². The highest BCUT2D eigenvalue weighted by molar-refractivity contribution is 6.66. The highest BCUT2D eigenvalue weighted by atomic mass is 35.5. The summed E-state index contributed by atoms with van der Waals surface area (Å²) in [6.07, 6.45) is 0.798. The molecule has 0 amide bonds. The molecule has 1 nitrogen and oxygen atoms in total. The van der Waals surface area contributed by atoms with E-state index in [-0.39, 0.29) is 12.0 Å². The van der Waals surface area contributed by atoms with E-state index in [1.54, 1.807) is 6.92 Å². The molecule has 0 bridgehead atoms. The Morgan fingerprint density at radius 2 is 1.80 bits per heavy atom. The number of halogens is 4. The van der Waals surface area contributed by atoms with Crippen LogP contribution in [-0.2, 0) is 0 Å². The molecule has 1 saturated carbocycles. The Morgan fingerprint density at radius 3 is 2.27 bits per heavy atom. The first kappa shape index (κ1) is 12.8. The van der Waals surface area contributed by atoms with Crippen LogP contribution in [0, 0.1) is 5.92 Å². The summed E-state index contributed by atoms with van der Waals surface area (Å²) < 4.78 is 36.3. The average molecular weight is 242 g/mol. The zero-order valence-electron chi connectivity index (χ0n) is 8.65. The van der Waals surface area contributed by atoms with Crippen LogP contribution in [0.2, 0.25) is 0 Å². The minimum Gasteiger partial charge on any atom is -0.266 e. The van der Waals surface area contributed by atoms with Crippen molar-refractivity contribution < 1.29 is 13.2 Å². The summed E-state index contributed by atoms with van der Waals surface area (Å²) in [5.74, 6) is 0.259. The second-order valence-electron chi connectivity index (χ2n) is 4.06. The molecular weight excluding hydrogens is 227 g/mol. The molecule has 5 heteroatoms. The van der Waals surface area contributed by atoms with E-state index in [1.807, 2.05) is 0 Å². The Balaban J connectivity index is 2.56. The minimum absolute atomic E-state index is 0.259. The van der Waals surface area contributed by atoms with Crippen LogP contribution in [0.15, 0.2) is 4.99 Å². The Bertz CT molecular complexity index is 231. The summed E-state index contributed by atoms with van der Waals surface area (Å²) >= 11 is 5.10. The van der Waals surface area contributed by atoms with Crippen molar-refractivity contribution in [3.8, 4) is 0 Å². The molecule has 0 radical (unpaired) electrons. The van der Waals surface area contributed by atoms with Gasteiger partial charge in [-0.1, -0.05) is 30.9 Å². The smallest absolute Gasteiger partial charge is 0.266 e. The predicted molar refractivity (Wildman–Crippen MR) is 55.4 cm³/mol. The van der Waals surface area contributed by atoms with Gasteiger partial charge in [0.2, 0.25) is 5.17 Å². The summed E-state index contributed by atoms with van der Waals surface area (Å²) in [6.45, 7) is 1.71. The van der Waals surface area contributed by atoms with Gasteiger partial charge >= 0.3 is 6.18 Å². The van der Waals surface area contributed by atoms with Crippen molar-refractivity contribution in [2.45, 2.75) is 51.2 Å². The van der Waals surface area contributed by atoms with Gasteiger partial charge in [0.15, 0.2) is 0 Å². The molecule has 1 atom stereocenters. The van der Waals surface area contributed by atoms with Gasteiger partial charge in [0.25, 0.3) is 0 Å². The number of hydrogen-bond acceptors (Lipinski definition) is 1. The molecule has 0 aromatic rings. The Hall–Kier alpha value is -0.250. The molecule has 88 valence electrons. The number of hydrogen-bond donors (Lipinski definition) is 0. The standard InChI is InChI=1S/C10H15ClF3N/c1-7(8-5-3-2-4-6-8)15-9(11)10(12,13)14/h7-8H,2-6H2,1H3/t7-/m0/s1. The fourth-order valence-electron chi connectivity index (χ4n) is 1.97. The third kappa shape index (κ3) is 4.01. The third-order valence-corrected chi connectivity index (χ3v) is 3.19. The zero-order chi connectivity index (χ0) is 11.5. The molecule has 0 heterocycles. The monoisotopic (exact) mass is 241 g/mol. The first-order valence-electron chi connectivity index (χ1n) is 5.21. The van der Waals surface area contributed by atoms with Crippen LogP contribution in [0.5, 0.6) is 0 Å². The molecule has 0 aromatic carbocycles. The SMILES string of the molecule is C[C@H](N=C(Cl)C(F)(F)F)C1CCCCC1. The van der Waals surface area contributed by atoms with Crippen molar-refractivity contribution in [2.75, 3.05) is 0 Å². The molecule has 0 spiro atoms. The molecule has 0 N–H and O–H groups in total. The number of nitrogens with zero attached hydrogens (tertiary/aromatic N) is 1. The van der Waals surface area contributed by atoms with Gasteiger partial charge in [-0.25, -0.2) is 0 Å². The van der Waals surface area contributed by atoms with E-state index in [0.29, 0.717) is 0 Å². The van der Waals surface area contributed by atoms with E-state index >= 15 is 0 Å². The summed E-state index contributed by atoms with van der Waals surface area (Å²) in [6, 6.07) is -0.320. The fraction of sp³-hybridized carbons (Fsp3) is 0.900. The Kier molecular flexibility index (Phi) is 4.44. The van der Waals surface area contributed by atoms with Crippen LogP contribution in [0.4, 0.5) is 13.2 Å². The van der Waals surface area contributed by atoms with Crippen molar-refractivity contribution in [2.24, 2.45) is 10.9 Å². The largest absolute Gasteiger partial charge is 0.444 e. The Morgan fingerprint density at radius 1 is 1.27 bits per heavy atom. The van der Waals surface area contributed by atoms with Crippen LogP contribution in [0.3, 0.4) is 0 Å². The number of aliphatic imine (C=N–C) groups is 1. The topological polar surface area (TPSA) is 12.4 Å². The first-order valence-corrected chi connectivity index (χ1v) is 5.59. The molecule has 0 saturated heterocycles. The quantitative estimate of drug-likeness (QED) is 0.644. The van der Waals surface area contributed by atoms with Crippen LogP contribution < -0.4 is 0 Å². The van der Waals surface area contributed by atoms with Gasteiger partial charge in [-0.05, 0) is 25.7 Å². The van der Waals surface area contributed by atoms with Gasteiger partial charge < -0.3 is 0 Å². The number of rotatable bonds is 2. The Labute approximate surface area is 92.7 Å². The summed E-state index contributed by atoms with van der Waals surface area (Å²) in [4.78, 5) is 3.53. The third-order valence-electron chi connectivity index (χ3n) is 2.88. The lowest BCUT2D eigenvalue weighted by Gasteiger charge is -2.25. The maximum Gasteiger partial charge on any atom is 0.444 e.